The highest BCUT2D eigenvalue weighted by Gasteiger charge is 2.54. The predicted octanol–water partition coefficient (Wildman–Crippen LogP) is 7.98. The van der Waals surface area contributed by atoms with Gasteiger partial charge in [-0.25, -0.2) is 24.0 Å². The van der Waals surface area contributed by atoms with Crippen molar-refractivity contribution in [3.05, 3.63) is 12.2 Å². The number of hydrogen-bond acceptors (Lipinski definition) is 15. The lowest BCUT2D eigenvalue weighted by atomic mass is 9.80. The molecule has 0 atom stereocenters. The fourth-order valence-electron chi connectivity index (χ4n) is 5.87. The summed E-state index contributed by atoms with van der Waals surface area (Å²) in [6.07, 6.45) is 14.6. The summed E-state index contributed by atoms with van der Waals surface area (Å²) in [7, 11) is 0. The van der Waals surface area contributed by atoms with Crippen LogP contribution in [0.4, 0.5) is 0 Å². The Morgan fingerprint density at radius 2 is 0.540 bits per heavy atom. The SMILES string of the molecule is CC(C)=NOC1(C(=O)O)CC1.CC(C)=NOC1(C(=O)O)CC=CC1.CC(C)=NOC1(C(=O)O)CCC1.CC(C)=NOC1(C(=O)O)CCCC1.CC(C)=NOC1(C(=O)O)CCCCC1. The Morgan fingerprint density at radius 1 is 0.333 bits per heavy atom. The van der Waals surface area contributed by atoms with E-state index in [-0.39, 0.29) is 0 Å². The summed E-state index contributed by atoms with van der Waals surface area (Å²) in [5.74, 6) is -4.55. The standard InChI is InChI=1S/C10H17NO3.C9H15NO3.C9H13NO3.C8H13NO3.C7H11NO3/c1-8(2)11-14-10(9(12)13)6-4-3-5-7-10;2*1-7(2)10-13-9(8(11)12)5-3-4-6-9;1-6(2)9-12-8(7(10)11)4-3-5-8;1-5(2)8-11-7(3-4-7)6(9)10/h3-7H2,1-2H3,(H,12,13);3-6H2,1-2H3,(H,11,12);3-4H,5-6H2,1-2H3,(H,11,12);3-5H2,1-2H3,(H,10,11);3-4H2,1-2H3,(H,9,10). The van der Waals surface area contributed by atoms with Crippen molar-refractivity contribution in [1.29, 1.82) is 0 Å². The average Bonchev–Trinajstić information content (AvgIpc) is 3.56. The molecule has 5 aliphatic rings. The third-order valence-electron chi connectivity index (χ3n) is 9.96. The molecule has 5 N–H and O–H groups in total. The van der Waals surface area contributed by atoms with Gasteiger partial charge in [-0.05, 0) is 101 Å². The number of carboxylic acid groups (broad SMARTS) is 5. The first-order valence-corrected chi connectivity index (χ1v) is 21.1. The summed E-state index contributed by atoms with van der Waals surface area (Å²) in [4.78, 5) is 79.3. The topological polar surface area (TPSA) is 294 Å². The number of oxime groups is 5. The van der Waals surface area contributed by atoms with Crippen molar-refractivity contribution >= 4 is 58.4 Å². The number of carboxylic acids is 5. The molecule has 5 aliphatic carbocycles. The molecule has 0 bridgehead atoms. The maximum Gasteiger partial charge on any atom is 0.351 e. The third kappa shape index (κ3) is 18.4. The van der Waals surface area contributed by atoms with Gasteiger partial charge in [0.1, 0.15) is 0 Å². The van der Waals surface area contributed by atoms with E-state index in [9.17, 15) is 24.0 Å². The van der Waals surface area contributed by atoms with E-state index in [1.807, 2.05) is 0 Å². The normalized spacial score (nSPS) is 19.1. The van der Waals surface area contributed by atoms with E-state index in [4.69, 9.17) is 49.7 Å². The van der Waals surface area contributed by atoms with Crippen molar-refractivity contribution in [2.24, 2.45) is 25.8 Å². The highest BCUT2D eigenvalue weighted by atomic mass is 16.7. The summed E-state index contributed by atoms with van der Waals surface area (Å²) in [6, 6.07) is 0. The zero-order chi connectivity index (χ0) is 48.1. The molecular weight excluding hydrogens is 826 g/mol. The minimum atomic E-state index is -1.16. The van der Waals surface area contributed by atoms with Crippen LogP contribution in [0, 0.1) is 0 Å². The Kier molecular flexibility index (Phi) is 22.5. The lowest BCUT2D eigenvalue weighted by molar-refractivity contribution is -0.178. The first kappa shape index (κ1) is 55.5. The molecule has 0 radical (unpaired) electrons. The molecular formula is C43H69N5O15. The van der Waals surface area contributed by atoms with Crippen LogP contribution in [0.2, 0.25) is 0 Å². The Bertz CT molecular complexity index is 1690. The zero-order valence-corrected chi connectivity index (χ0v) is 38.5. The van der Waals surface area contributed by atoms with E-state index in [1.54, 1.807) is 81.4 Å². The fraction of sp³-hybridized carbons (Fsp3) is 0.721. The Hall–Kier alpha value is -5.56. The molecule has 20 nitrogen and oxygen atoms in total. The largest absolute Gasteiger partial charge is 0.478 e. The molecule has 0 spiro atoms. The molecule has 0 aliphatic heterocycles. The van der Waals surface area contributed by atoms with Gasteiger partial charge in [0, 0.05) is 64.2 Å². The number of rotatable bonds is 15. The van der Waals surface area contributed by atoms with Crippen molar-refractivity contribution in [3.63, 3.8) is 0 Å². The van der Waals surface area contributed by atoms with E-state index in [0.29, 0.717) is 69.9 Å². The molecule has 0 aromatic heterocycles. The maximum atomic E-state index is 11.1. The van der Waals surface area contributed by atoms with Gasteiger partial charge in [-0.15, -0.1) is 0 Å². The monoisotopic (exact) mass is 895 g/mol. The summed E-state index contributed by atoms with van der Waals surface area (Å²) in [5.41, 5.74) is -1.59. The minimum absolute atomic E-state index is 0.388. The molecule has 0 amide bonds. The van der Waals surface area contributed by atoms with Crippen molar-refractivity contribution < 1.29 is 73.7 Å². The number of carbonyl (C=O) groups is 5. The minimum Gasteiger partial charge on any atom is -0.478 e. The second-order valence-corrected chi connectivity index (χ2v) is 17.1. The number of hydrogen-bond donors (Lipinski definition) is 5. The molecule has 0 saturated heterocycles. The molecule has 4 saturated carbocycles. The van der Waals surface area contributed by atoms with E-state index in [1.165, 1.54) is 0 Å². The highest BCUT2D eigenvalue weighted by Crippen LogP contribution is 2.40. The zero-order valence-electron chi connectivity index (χ0n) is 38.5. The van der Waals surface area contributed by atoms with E-state index >= 15 is 0 Å². The predicted molar refractivity (Wildman–Crippen MR) is 234 cm³/mol. The summed E-state index contributed by atoms with van der Waals surface area (Å²) in [6.45, 7) is 17.7. The van der Waals surface area contributed by atoms with Crippen molar-refractivity contribution in [2.45, 2.75) is 200 Å². The maximum absolute atomic E-state index is 11.1. The van der Waals surface area contributed by atoms with Gasteiger partial charge in [0.15, 0.2) is 0 Å². The van der Waals surface area contributed by atoms with Crippen LogP contribution in [-0.2, 0) is 48.2 Å². The van der Waals surface area contributed by atoms with Crippen LogP contribution in [0.15, 0.2) is 37.9 Å². The van der Waals surface area contributed by atoms with E-state index < -0.39 is 57.9 Å². The molecule has 20 heteroatoms. The highest BCUT2D eigenvalue weighted by molar-refractivity contribution is 5.83. The third-order valence-corrected chi connectivity index (χ3v) is 9.96. The molecule has 0 unspecified atom stereocenters. The van der Waals surface area contributed by atoms with E-state index in [0.717, 1.165) is 61.4 Å². The van der Waals surface area contributed by atoms with Gasteiger partial charge < -0.3 is 49.7 Å². The van der Waals surface area contributed by atoms with Gasteiger partial charge in [-0.1, -0.05) is 44.4 Å². The molecule has 5 rings (SSSR count). The molecule has 0 aromatic rings. The lowest BCUT2D eigenvalue weighted by Gasteiger charge is -2.34. The molecule has 0 aromatic carbocycles. The van der Waals surface area contributed by atoms with Crippen molar-refractivity contribution in [1.82, 2.24) is 0 Å². The second kappa shape index (κ2) is 25.5. The van der Waals surface area contributed by atoms with Crippen LogP contribution in [0.3, 0.4) is 0 Å². The van der Waals surface area contributed by atoms with Gasteiger partial charge in [-0.2, -0.15) is 0 Å². The fourth-order valence-corrected chi connectivity index (χ4v) is 5.87. The summed E-state index contributed by atoms with van der Waals surface area (Å²) >= 11 is 0. The van der Waals surface area contributed by atoms with Gasteiger partial charge in [-0.3, -0.25) is 0 Å². The first-order valence-electron chi connectivity index (χ1n) is 21.1. The van der Waals surface area contributed by atoms with Gasteiger partial charge >= 0.3 is 29.8 Å². The second-order valence-electron chi connectivity index (χ2n) is 17.1. The quantitative estimate of drug-likeness (QED) is 0.0591. The van der Waals surface area contributed by atoms with Crippen LogP contribution < -0.4 is 0 Å². The molecule has 63 heavy (non-hydrogen) atoms. The van der Waals surface area contributed by atoms with Crippen LogP contribution >= 0.6 is 0 Å². The molecule has 4 fully saturated rings. The van der Waals surface area contributed by atoms with Crippen LogP contribution in [0.25, 0.3) is 0 Å². The Morgan fingerprint density at radius 3 is 0.730 bits per heavy atom. The van der Waals surface area contributed by atoms with Gasteiger partial charge in [0.2, 0.25) is 28.0 Å². The lowest BCUT2D eigenvalue weighted by Crippen LogP contribution is -2.46. The van der Waals surface area contributed by atoms with Crippen LogP contribution in [-0.4, -0.2) is 112 Å². The smallest absolute Gasteiger partial charge is 0.351 e. The van der Waals surface area contributed by atoms with Crippen molar-refractivity contribution in [3.8, 4) is 0 Å². The number of aliphatic carboxylic acids is 5. The van der Waals surface area contributed by atoms with Gasteiger partial charge in [0.25, 0.3) is 0 Å². The molecule has 356 valence electrons. The van der Waals surface area contributed by atoms with Gasteiger partial charge in [0.05, 0.1) is 28.6 Å². The van der Waals surface area contributed by atoms with Crippen LogP contribution in [0.1, 0.15) is 172 Å². The molecule has 0 heterocycles. The summed E-state index contributed by atoms with van der Waals surface area (Å²) in [5, 5.41) is 63.0. The van der Waals surface area contributed by atoms with Crippen LogP contribution in [0.5, 0.6) is 0 Å². The Labute approximate surface area is 369 Å². The summed E-state index contributed by atoms with van der Waals surface area (Å²) < 4.78 is 0. The first-order chi connectivity index (χ1) is 29.3. The van der Waals surface area contributed by atoms with Crippen molar-refractivity contribution in [2.75, 3.05) is 0 Å². The number of nitrogens with zero attached hydrogens (tertiary/aromatic N) is 5. The Balaban J connectivity index is 0.000000395. The average molecular weight is 896 g/mol. The van der Waals surface area contributed by atoms with E-state index in [2.05, 4.69) is 25.8 Å².